The minimum Gasteiger partial charge on any atom is -0.337 e. The van der Waals surface area contributed by atoms with Gasteiger partial charge in [0.15, 0.2) is 0 Å². The third-order valence-corrected chi connectivity index (χ3v) is 3.45. The maximum Gasteiger partial charge on any atom is 0.245 e. The number of anilines is 1. The molecule has 1 aliphatic heterocycles. The number of rotatable bonds is 4. The number of piperazine rings is 1. The van der Waals surface area contributed by atoms with Crippen molar-refractivity contribution < 1.29 is 0 Å². The third-order valence-electron chi connectivity index (χ3n) is 3.45. The van der Waals surface area contributed by atoms with Crippen molar-refractivity contribution in [2.45, 2.75) is 19.4 Å². The van der Waals surface area contributed by atoms with E-state index < -0.39 is 0 Å². The number of tetrazole rings is 1. The van der Waals surface area contributed by atoms with Gasteiger partial charge in [-0.15, -0.1) is 0 Å². The third kappa shape index (κ3) is 2.55. The molecular weight excluding hydrogens is 218 g/mol. The van der Waals surface area contributed by atoms with E-state index in [1.165, 1.54) is 0 Å². The predicted octanol–water partition coefficient (Wildman–Crippen LogP) is -0.931. The van der Waals surface area contributed by atoms with Crippen molar-refractivity contribution >= 4 is 5.95 Å². The summed E-state index contributed by atoms with van der Waals surface area (Å²) in [4.78, 5) is 4.68. The van der Waals surface area contributed by atoms with Gasteiger partial charge in [-0.3, -0.25) is 4.90 Å². The zero-order chi connectivity index (χ0) is 12.3. The molecule has 1 saturated heterocycles. The minimum atomic E-state index is 0.509. The van der Waals surface area contributed by atoms with Crippen LogP contribution in [0.25, 0.3) is 0 Å². The van der Waals surface area contributed by atoms with Crippen LogP contribution >= 0.6 is 0 Å². The fourth-order valence-electron chi connectivity index (χ4n) is 2.35. The van der Waals surface area contributed by atoms with Crippen molar-refractivity contribution in [1.82, 2.24) is 25.1 Å². The Hall–Kier alpha value is -1.21. The highest BCUT2D eigenvalue weighted by Crippen LogP contribution is 2.13. The van der Waals surface area contributed by atoms with Crippen LogP contribution in [0.2, 0.25) is 0 Å². The summed E-state index contributed by atoms with van der Waals surface area (Å²) in [7, 11) is 1.87. The molecule has 0 aromatic carbocycles. The topological polar surface area (TPSA) is 76.1 Å². The molecule has 1 aromatic rings. The van der Waals surface area contributed by atoms with Crippen LogP contribution in [-0.2, 0) is 7.05 Å². The summed E-state index contributed by atoms with van der Waals surface area (Å²) in [5.41, 5.74) is 5.78. The summed E-state index contributed by atoms with van der Waals surface area (Å²) >= 11 is 0. The molecule has 1 unspecified atom stereocenters. The van der Waals surface area contributed by atoms with Crippen LogP contribution in [0.3, 0.4) is 0 Å². The van der Waals surface area contributed by atoms with Crippen LogP contribution in [0.1, 0.15) is 13.3 Å². The Bertz CT molecular complexity index is 338. The first-order valence-electron chi connectivity index (χ1n) is 6.17. The van der Waals surface area contributed by atoms with Gasteiger partial charge in [0.1, 0.15) is 0 Å². The van der Waals surface area contributed by atoms with Gasteiger partial charge in [0.25, 0.3) is 0 Å². The number of hydrogen-bond acceptors (Lipinski definition) is 6. The zero-order valence-corrected chi connectivity index (χ0v) is 10.6. The Morgan fingerprint density at radius 3 is 2.47 bits per heavy atom. The Kier molecular flexibility index (Phi) is 3.90. The normalized spacial score (nSPS) is 19.6. The second-order valence-corrected chi connectivity index (χ2v) is 4.42. The van der Waals surface area contributed by atoms with Crippen molar-refractivity contribution in [1.29, 1.82) is 0 Å². The van der Waals surface area contributed by atoms with Crippen molar-refractivity contribution in [3.05, 3.63) is 0 Å². The summed E-state index contributed by atoms with van der Waals surface area (Å²) in [6.45, 7) is 6.92. The van der Waals surface area contributed by atoms with E-state index >= 15 is 0 Å². The molecule has 0 bridgehead atoms. The van der Waals surface area contributed by atoms with Gasteiger partial charge in [-0.25, -0.2) is 4.68 Å². The van der Waals surface area contributed by atoms with Gasteiger partial charge in [0.2, 0.25) is 5.95 Å². The minimum absolute atomic E-state index is 0.509. The molecule has 1 fully saturated rings. The van der Waals surface area contributed by atoms with Gasteiger partial charge in [-0.1, -0.05) is 12.0 Å². The van der Waals surface area contributed by atoms with E-state index in [2.05, 4.69) is 32.2 Å². The van der Waals surface area contributed by atoms with Crippen LogP contribution < -0.4 is 10.6 Å². The highest BCUT2D eigenvalue weighted by atomic mass is 15.6. The standard InChI is InChI=1S/C10H21N7/c1-3-9(8-11)16-4-6-17(7-5-16)10-12-13-14-15(10)2/h9H,3-8,11H2,1-2H3. The summed E-state index contributed by atoms with van der Waals surface area (Å²) in [6, 6.07) is 0.509. The Morgan fingerprint density at radius 2 is 2.00 bits per heavy atom. The first-order chi connectivity index (χ1) is 8.26. The maximum atomic E-state index is 5.78. The molecule has 0 radical (unpaired) electrons. The SMILES string of the molecule is CCC(CN)N1CCN(c2nnnn2C)CC1. The fraction of sp³-hybridized carbons (Fsp3) is 0.900. The maximum absolute atomic E-state index is 5.78. The smallest absolute Gasteiger partial charge is 0.245 e. The van der Waals surface area contributed by atoms with Gasteiger partial charge in [-0.05, 0) is 16.8 Å². The molecule has 7 heteroatoms. The highest BCUT2D eigenvalue weighted by Gasteiger charge is 2.24. The lowest BCUT2D eigenvalue weighted by Crippen LogP contribution is -2.52. The van der Waals surface area contributed by atoms with Gasteiger partial charge >= 0.3 is 0 Å². The summed E-state index contributed by atoms with van der Waals surface area (Å²) in [5, 5.41) is 11.6. The molecule has 1 aliphatic rings. The monoisotopic (exact) mass is 239 g/mol. The Labute approximate surface area is 102 Å². The molecule has 7 nitrogen and oxygen atoms in total. The number of nitrogens with zero attached hydrogens (tertiary/aromatic N) is 6. The first-order valence-corrected chi connectivity index (χ1v) is 6.17. The predicted molar refractivity (Wildman–Crippen MR) is 65.7 cm³/mol. The number of aryl methyl sites for hydroxylation is 1. The molecule has 1 aromatic heterocycles. The van der Waals surface area contributed by atoms with Crippen LogP contribution in [0.15, 0.2) is 0 Å². The van der Waals surface area contributed by atoms with Crippen LogP contribution in [0, 0.1) is 0 Å². The molecule has 2 rings (SSSR count). The molecule has 0 spiro atoms. The Morgan fingerprint density at radius 1 is 1.29 bits per heavy atom. The molecule has 0 saturated carbocycles. The number of aromatic nitrogens is 4. The van der Waals surface area contributed by atoms with E-state index in [9.17, 15) is 0 Å². The highest BCUT2D eigenvalue weighted by molar-refractivity contribution is 5.28. The summed E-state index contributed by atoms with van der Waals surface area (Å²) < 4.78 is 1.72. The average Bonchev–Trinajstić information content (AvgIpc) is 2.78. The molecule has 2 N–H and O–H groups in total. The average molecular weight is 239 g/mol. The lowest BCUT2D eigenvalue weighted by Gasteiger charge is -2.38. The molecule has 2 heterocycles. The summed E-state index contributed by atoms with van der Waals surface area (Å²) in [5.74, 6) is 0.852. The Balaban J connectivity index is 1.92. The molecule has 1 atom stereocenters. The lowest BCUT2D eigenvalue weighted by molar-refractivity contribution is 0.183. The van der Waals surface area contributed by atoms with E-state index in [0.717, 1.165) is 45.1 Å². The molecular formula is C10H21N7. The second kappa shape index (κ2) is 5.42. The number of nitrogens with two attached hydrogens (primary N) is 1. The molecule has 96 valence electrons. The van der Waals surface area contributed by atoms with E-state index in [-0.39, 0.29) is 0 Å². The zero-order valence-electron chi connectivity index (χ0n) is 10.6. The largest absolute Gasteiger partial charge is 0.337 e. The number of hydrogen-bond donors (Lipinski definition) is 1. The summed E-state index contributed by atoms with van der Waals surface area (Å²) in [6.07, 6.45) is 1.11. The van der Waals surface area contributed by atoms with Crippen molar-refractivity contribution in [3.8, 4) is 0 Å². The van der Waals surface area contributed by atoms with E-state index in [1.807, 2.05) is 7.05 Å². The van der Waals surface area contributed by atoms with Crippen molar-refractivity contribution in [2.75, 3.05) is 37.6 Å². The van der Waals surface area contributed by atoms with Gasteiger partial charge in [0.05, 0.1) is 0 Å². The first kappa shape index (κ1) is 12.3. The van der Waals surface area contributed by atoms with Crippen molar-refractivity contribution in [3.63, 3.8) is 0 Å². The van der Waals surface area contributed by atoms with E-state index in [1.54, 1.807) is 4.68 Å². The fourth-order valence-corrected chi connectivity index (χ4v) is 2.35. The van der Waals surface area contributed by atoms with E-state index in [0.29, 0.717) is 6.04 Å². The van der Waals surface area contributed by atoms with Crippen molar-refractivity contribution in [2.24, 2.45) is 12.8 Å². The molecule has 17 heavy (non-hydrogen) atoms. The van der Waals surface area contributed by atoms with Gasteiger partial charge < -0.3 is 10.6 Å². The van der Waals surface area contributed by atoms with Gasteiger partial charge in [0, 0.05) is 45.8 Å². The lowest BCUT2D eigenvalue weighted by atomic mass is 10.1. The van der Waals surface area contributed by atoms with Gasteiger partial charge in [-0.2, -0.15) is 0 Å². The van der Waals surface area contributed by atoms with Crippen LogP contribution in [0.4, 0.5) is 5.95 Å². The quantitative estimate of drug-likeness (QED) is 0.731. The van der Waals surface area contributed by atoms with Crippen LogP contribution in [-0.4, -0.2) is 63.9 Å². The van der Waals surface area contributed by atoms with E-state index in [4.69, 9.17) is 5.73 Å². The molecule has 0 aliphatic carbocycles. The second-order valence-electron chi connectivity index (χ2n) is 4.42. The molecule has 0 amide bonds. The van der Waals surface area contributed by atoms with Crippen LogP contribution in [0.5, 0.6) is 0 Å².